The monoisotopic (exact) mass is 339 g/mol. The number of unbranched alkanes of at least 4 members (excludes halogenated alkanes) is 2. The highest BCUT2D eigenvalue weighted by Gasteiger charge is 2.34. The predicted molar refractivity (Wildman–Crippen MR) is 82.1 cm³/mol. The van der Waals surface area contributed by atoms with E-state index >= 15 is 0 Å². The molecule has 1 atom stereocenters. The van der Waals surface area contributed by atoms with E-state index in [9.17, 15) is 23.8 Å². The van der Waals surface area contributed by atoms with Crippen molar-refractivity contribution in [2.75, 3.05) is 13.7 Å². The third-order valence-electron chi connectivity index (χ3n) is 3.71. The predicted octanol–water partition coefficient (Wildman–Crippen LogP) is 2.20. The number of rotatable bonds is 8. The summed E-state index contributed by atoms with van der Waals surface area (Å²) in [6.07, 6.45) is 1.42. The molecule has 1 N–H and O–H groups in total. The van der Waals surface area contributed by atoms with Gasteiger partial charge >= 0.3 is 7.60 Å². The lowest BCUT2D eigenvalue weighted by atomic mass is 10.1. The molecule has 0 aliphatic carbocycles. The molecule has 2 rings (SSSR count). The van der Waals surface area contributed by atoms with E-state index in [2.05, 4.69) is 4.52 Å². The Morgan fingerprint density at radius 3 is 2.22 bits per heavy atom. The third-order valence-corrected chi connectivity index (χ3v) is 5.06. The molecule has 1 heterocycles. The van der Waals surface area contributed by atoms with Gasteiger partial charge < -0.3 is 9.42 Å². The molecule has 0 fully saturated rings. The highest BCUT2D eigenvalue weighted by Crippen LogP contribution is 2.43. The van der Waals surface area contributed by atoms with Gasteiger partial charge in [0.1, 0.15) is 0 Å². The molecular weight excluding hydrogens is 321 g/mol. The zero-order chi connectivity index (χ0) is 17.0. The number of benzene rings is 1. The van der Waals surface area contributed by atoms with Crippen LogP contribution < -0.4 is 0 Å². The van der Waals surface area contributed by atoms with E-state index in [0.717, 1.165) is 7.11 Å². The number of carbonyl (C=O) groups excluding carboxylic acids is 3. The minimum Gasteiger partial charge on any atom is -0.319 e. The van der Waals surface area contributed by atoms with Crippen molar-refractivity contribution in [1.82, 2.24) is 4.90 Å². The zero-order valence-corrected chi connectivity index (χ0v) is 13.6. The summed E-state index contributed by atoms with van der Waals surface area (Å²) in [5, 5.41) is 0. The van der Waals surface area contributed by atoms with Crippen LogP contribution in [0.1, 0.15) is 46.4 Å². The Hall–Kier alpha value is -1.82. The van der Waals surface area contributed by atoms with E-state index in [1.54, 1.807) is 24.3 Å². The Morgan fingerprint density at radius 2 is 1.70 bits per heavy atom. The van der Waals surface area contributed by atoms with Crippen molar-refractivity contribution < 1.29 is 28.4 Å². The molecule has 0 aromatic heterocycles. The van der Waals surface area contributed by atoms with Gasteiger partial charge in [-0.15, -0.1) is 0 Å². The molecule has 124 valence electrons. The van der Waals surface area contributed by atoms with Gasteiger partial charge in [0, 0.05) is 20.1 Å². The molecule has 0 saturated heterocycles. The summed E-state index contributed by atoms with van der Waals surface area (Å²) in [4.78, 5) is 46.0. The quantitative estimate of drug-likeness (QED) is 0.443. The first-order valence-corrected chi connectivity index (χ1v) is 8.83. The minimum atomic E-state index is -4.15. The molecule has 0 saturated carbocycles. The molecule has 1 unspecified atom stereocenters. The maximum atomic E-state index is 12.1. The van der Waals surface area contributed by atoms with Crippen molar-refractivity contribution in [2.24, 2.45) is 0 Å². The van der Waals surface area contributed by atoms with Crippen LogP contribution >= 0.6 is 7.60 Å². The van der Waals surface area contributed by atoms with Crippen molar-refractivity contribution in [3.8, 4) is 0 Å². The minimum absolute atomic E-state index is 0.0657. The summed E-state index contributed by atoms with van der Waals surface area (Å²) >= 11 is 0. The maximum absolute atomic E-state index is 12.1. The Morgan fingerprint density at radius 1 is 1.13 bits per heavy atom. The molecule has 7 nitrogen and oxygen atoms in total. The van der Waals surface area contributed by atoms with Crippen molar-refractivity contribution in [3.05, 3.63) is 35.4 Å². The molecule has 8 heteroatoms. The lowest BCUT2D eigenvalue weighted by molar-refractivity contribution is -0.113. The number of fused-ring (bicyclic) bond motifs is 1. The van der Waals surface area contributed by atoms with E-state index in [0.29, 0.717) is 30.4 Å². The van der Waals surface area contributed by atoms with Crippen LogP contribution in [0.3, 0.4) is 0 Å². The first-order valence-electron chi connectivity index (χ1n) is 7.25. The van der Waals surface area contributed by atoms with E-state index in [4.69, 9.17) is 0 Å². The SMILES string of the molecule is COP(=O)(O)C(=O)CCCCCN1C(=O)c2ccccc2C1=O. The Labute approximate surface area is 133 Å². The van der Waals surface area contributed by atoms with Crippen LogP contribution in [-0.2, 0) is 13.9 Å². The van der Waals surface area contributed by atoms with Crippen molar-refractivity contribution in [2.45, 2.75) is 25.7 Å². The first kappa shape index (κ1) is 17.5. The van der Waals surface area contributed by atoms with Crippen LogP contribution in [0.5, 0.6) is 0 Å². The summed E-state index contributed by atoms with van der Waals surface area (Å²) in [6.45, 7) is 0.265. The molecule has 0 radical (unpaired) electrons. The number of hydrogen-bond donors (Lipinski definition) is 1. The number of imide groups is 1. The summed E-state index contributed by atoms with van der Waals surface area (Å²) in [5.41, 5.74) is 0.00344. The molecule has 2 amide bonds. The molecule has 1 aromatic rings. The highest BCUT2D eigenvalue weighted by atomic mass is 31.2. The van der Waals surface area contributed by atoms with Gasteiger partial charge in [0.05, 0.1) is 11.1 Å². The molecule has 1 aliphatic rings. The fourth-order valence-corrected chi connectivity index (χ4v) is 3.05. The number of nitrogens with zero attached hydrogens (tertiary/aromatic N) is 1. The van der Waals surface area contributed by atoms with Gasteiger partial charge in [-0.1, -0.05) is 18.6 Å². The molecule has 1 aromatic carbocycles. The van der Waals surface area contributed by atoms with E-state index in [1.165, 1.54) is 4.90 Å². The third kappa shape index (κ3) is 3.75. The summed E-state index contributed by atoms with van der Waals surface area (Å²) in [5.74, 6) is -0.609. The van der Waals surface area contributed by atoms with Crippen molar-refractivity contribution >= 4 is 24.9 Å². The highest BCUT2D eigenvalue weighted by molar-refractivity contribution is 7.70. The average Bonchev–Trinajstić information content (AvgIpc) is 2.79. The Kier molecular flexibility index (Phi) is 5.46. The summed E-state index contributed by atoms with van der Waals surface area (Å²) in [7, 11) is -3.14. The maximum Gasteiger partial charge on any atom is 0.393 e. The van der Waals surface area contributed by atoms with Crippen LogP contribution in [0, 0.1) is 0 Å². The second-order valence-electron chi connectivity index (χ2n) is 5.21. The first-order chi connectivity index (χ1) is 10.9. The van der Waals surface area contributed by atoms with E-state index in [-0.39, 0.29) is 24.8 Å². The fraction of sp³-hybridized carbons (Fsp3) is 0.400. The molecular formula is C15H18NO6P. The van der Waals surface area contributed by atoms with E-state index < -0.39 is 13.1 Å². The molecule has 0 bridgehead atoms. The standard InChI is InChI=1S/C15H18NO6P/c1-22-23(20,21)13(17)9-3-2-6-10-16-14(18)11-7-4-5-8-12(11)15(16)19/h4-5,7-8H,2-3,6,9-10H2,1H3,(H,20,21). The van der Waals surface area contributed by atoms with Gasteiger partial charge in [-0.2, -0.15) is 0 Å². The summed E-state index contributed by atoms with van der Waals surface area (Å²) < 4.78 is 15.5. The van der Waals surface area contributed by atoms with Gasteiger partial charge in [0.15, 0.2) is 0 Å². The Bertz CT molecular complexity index is 651. The second-order valence-corrected chi connectivity index (χ2v) is 7.12. The lowest BCUT2D eigenvalue weighted by Crippen LogP contribution is -2.30. The number of amides is 2. The molecule has 0 spiro atoms. The van der Waals surface area contributed by atoms with Crippen LogP contribution in [0.25, 0.3) is 0 Å². The van der Waals surface area contributed by atoms with Gasteiger partial charge in [0.2, 0.25) is 5.52 Å². The average molecular weight is 339 g/mol. The van der Waals surface area contributed by atoms with Gasteiger partial charge in [-0.25, -0.2) is 0 Å². The topological polar surface area (TPSA) is 101 Å². The molecule has 23 heavy (non-hydrogen) atoms. The normalized spacial score (nSPS) is 16.3. The largest absolute Gasteiger partial charge is 0.393 e. The van der Waals surface area contributed by atoms with E-state index in [1.807, 2.05) is 0 Å². The number of hydrogen-bond acceptors (Lipinski definition) is 5. The lowest BCUT2D eigenvalue weighted by Gasteiger charge is -2.13. The van der Waals surface area contributed by atoms with Crippen molar-refractivity contribution in [1.29, 1.82) is 0 Å². The fourth-order valence-electron chi connectivity index (χ4n) is 2.41. The Balaban J connectivity index is 1.78. The molecule has 1 aliphatic heterocycles. The van der Waals surface area contributed by atoms with Crippen LogP contribution in [0.2, 0.25) is 0 Å². The summed E-state index contributed by atoms with van der Waals surface area (Å²) in [6, 6.07) is 6.67. The van der Waals surface area contributed by atoms with Crippen LogP contribution in [0.15, 0.2) is 24.3 Å². The van der Waals surface area contributed by atoms with Gasteiger partial charge in [-0.3, -0.25) is 23.8 Å². The smallest absolute Gasteiger partial charge is 0.319 e. The number of carbonyl (C=O) groups is 3. The van der Waals surface area contributed by atoms with Crippen LogP contribution in [-0.4, -0.2) is 40.8 Å². The van der Waals surface area contributed by atoms with Gasteiger partial charge in [0.25, 0.3) is 11.8 Å². The second kappa shape index (κ2) is 7.17. The van der Waals surface area contributed by atoms with Crippen molar-refractivity contribution in [3.63, 3.8) is 0 Å². The van der Waals surface area contributed by atoms with Gasteiger partial charge in [-0.05, 0) is 25.0 Å². The zero-order valence-electron chi connectivity index (χ0n) is 12.7. The van der Waals surface area contributed by atoms with Crippen LogP contribution in [0.4, 0.5) is 0 Å².